The third kappa shape index (κ3) is 15.6. The van der Waals surface area contributed by atoms with Crippen molar-refractivity contribution in [1.82, 2.24) is 5.32 Å². The van der Waals surface area contributed by atoms with Crippen LogP contribution in [0, 0.1) is 0 Å². The lowest BCUT2D eigenvalue weighted by molar-refractivity contribution is -0.368. The molecule has 0 aromatic heterocycles. The van der Waals surface area contributed by atoms with Gasteiger partial charge < -0.3 is 35.5 Å². The van der Waals surface area contributed by atoms with Gasteiger partial charge in [0.1, 0.15) is 13.2 Å². The summed E-state index contributed by atoms with van der Waals surface area (Å²) in [6.07, 6.45) is 2.27. The molecule has 0 fully saturated rings. The first kappa shape index (κ1) is 25.4. The number of aliphatic hydroxyl groups is 1. The molecule has 0 radical (unpaired) electrons. The monoisotopic (exact) mass is 398 g/mol. The number of unbranched alkanes of at least 4 members (excludes halogenated alkanes) is 2. The molecule has 0 saturated heterocycles. The highest BCUT2D eigenvalue weighted by molar-refractivity contribution is 5.76. The molecule has 9 nitrogen and oxygen atoms in total. The van der Waals surface area contributed by atoms with Gasteiger partial charge in [-0.2, -0.15) is 0 Å². The van der Waals surface area contributed by atoms with Crippen LogP contribution in [0.3, 0.4) is 0 Å². The highest BCUT2D eigenvalue weighted by atomic mass is 16.7. The van der Waals surface area contributed by atoms with E-state index in [0.29, 0.717) is 6.42 Å². The van der Waals surface area contributed by atoms with Crippen LogP contribution in [0.25, 0.3) is 0 Å². The quantitative estimate of drug-likeness (QED) is 0.331. The number of rotatable bonds is 11. The van der Waals surface area contributed by atoms with Crippen molar-refractivity contribution in [3.05, 3.63) is 35.9 Å². The number of aliphatic carboxylic acids is 1. The molecule has 5 N–H and O–H groups in total. The summed E-state index contributed by atoms with van der Waals surface area (Å²) >= 11 is 0. The number of benzene rings is 1. The van der Waals surface area contributed by atoms with Gasteiger partial charge in [-0.25, -0.2) is 4.79 Å². The summed E-state index contributed by atoms with van der Waals surface area (Å²) in [6, 6.07) is 8.60. The number of nitrogens with one attached hydrogen (secondary N) is 1. The summed E-state index contributed by atoms with van der Waals surface area (Å²) < 4.78 is 9.87. The first-order valence-electron chi connectivity index (χ1n) is 9.09. The van der Waals surface area contributed by atoms with E-state index in [-0.39, 0.29) is 25.7 Å². The van der Waals surface area contributed by atoms with E-state index >= 15 is 0 Å². The molecule has 0 aliphatic carbocycles. The molecular formula is C19H30N2O7. The fraction of sp³-hybridized carbons (Fsp3) is 0.526. The van der Waals surface area contributed by atoms with Crippen LogP contribution in [0.2, 0.25) is 0 Å². The lowest BCUT2D eigenvalue weighted by Crippen LogP contribution is -2.50. The molecule has 1 rings (SSSR count). The average Bonchev–Trinajstić information content (AvgIpc) is 2.67. The summed E-state index contributed by atoms with van der Waals surface area (Å²) in [5.74, 6) is -1.25. The predicted molar refractivity (Wildman–Crippen MR) is 98.5 cm³/mol. The van der Waals surface area contributed by atoms with E-state index in [9.17, 15) is 14.7 Å². The van der Waals surface area contributed by atoms with E-state index in [1.54, 1.807) is 0 Å². The van der Waals surface area contributed by atoms with Gasteiger partial charge in [0, 0.05) is 12.4 Å². The Labute approximate surface area is 164 Å². The highest BCUT2D eigenvalue weighted by Gasteiger charge is 2.14. The number of carboxylic acid groups (broad SMARTS) is 1. The van der Waals surface area contributed by atoms with Crippen molar-refractivity contribution in [1.29, 1.82) is 0 Å². The molecule has 1 aromatic rings. The van der Waals surface area contributed by atoms with Crippen molar-refractivity contribution in [2.75, 3.05) is 19.8 Å². The SMILES string of the molecule is CC(=O)[O-].[NH3+]CCCCCC(=O)NC(CO)COC(=O)OCc1ccccc1. The topological polar surface area (TPSA) is 153 Å². The van der Waals surface area contributed by atoms with E-state index in [1.807, 2.05) is 30.3 Å². The van der Waals surface area contributed by atoms with Gasteiger partial charge in [-0.05, 0) is 31.7 Å². The Morgan fingerprint density at radius 1 is 1.14 bits per heavy atom. The van der Waals surface area contributed by atoms with Gasteiger partial charge in [-0.3, -0.25) is 4.79 Å². The molecule has 28 heavy (non-hydrogen) atoms. The minimum atomic E-state index is -1.08. The summed E-state index contributed by atoms with van der Waals surface area (Å²) in [5.41, 5.74) is 4.60. The van der Waals surface area contributed by atoms with Crippen molar-refractivity contribution in [3.63, 3.8) is 0 Å². The minimum absolute atomic E-state index is 0.113. The highest BCUT2D eigenvalue weighted by Crippen LogP contribution is 2.02. The third-order valence-corrected chi connectivity index (χ3v) is 3.34. The smallest absolute Gasteiger partial charge is 0.508 e. The Balaban J connectivity index is 0.00000165. The van der Waals surface area contributed by atoms with Gasteiger partial charge >= 0.3 is 6.16 Å². The van der Waals surface area contributed by atoms with Crippen molar-refractivity contribution < 1.29 is 39.8 Å². The van der Waals surface area contributed by atoms with E-state index < -0.39 is 18.2 Å². The van der Waals surface area contributed by atoms with Gasteiger partial charge in [0.25, 0.3) is 0 Å². The number of quaternary nitrogens is 1. The number of ether oxygens (including phenoxy) is 2. The van der Waals surface area contributed by atoms with Gasteiger partial charge in [0.05, 0.1) is 19.2 Å². The number of carboxylic acids is 1. The fourth-order valence-electron chi connectivity index (χ4n) is 2.01. The first-order chi connectivity index (χ1) is 13.4. The van der Waals surface area contributed by atoms with Crippen LogP contribution >= 0.6 is 0 Å². The normalized spacial score (nSPS) is 10.8. The van der Waals surface area contributed by atoms with Crippen LogP contribution in [0.5, 0.6) is 0 Å². The van der Waals surface area contributed by atoms with E-state index in [4.69, 9.17) is 19.4 Å². The van der Waals surface area contributed by atoms with Crippen LogP contribution in [0.1, 0.15) is 38.2 Å². The molecule has 0 aliphatic heterocycles. The summed E-state index contributed by atoms with van der Waals surface area (Å²) in [4.78, 5) is 32.1. The van der Waals surface area contributed by atoms with Crippen LogP contribution in [0.4, 0.5) is 4.79 Å². The lowest BCUT2D eigenvalue weighted by atomic mass is 10.2. The number of hydrogen-bond donors (Lipinski definition) is 3. The van der Waals surface area contributed by atoms with Crippen molar-refractivity contribution >= 4 is 18.0 Å². The molecule has 9 heteroatoms. The fourth-order valence-corrected chi connectivity index (χ4v) is 2.01. The third-order valence-electron chi connectivity index (χ3n) is 3.34. The van der Waals surface area contributed by atoms with Crippen LogP contribution in [-0.2, 0) is 25.7 Å². The van der Waals surface area contributed by atoms with E-state index in [0.717, 1.165) is 38.3 Å². The molecule has 0 bridgehead atoms. The molecule has 0 spiro atoms. The average molecular weight is 398 g/mol. The molecule has 1 amide bonds. The van der Waals surface area contributed by atoms with E-state index in [2.05, 4.69) is 11.1 Å². The van der Waals surface area contributed by atoms with Gasteiger partial charge in [-0.1, -0.05) is 30.3 Å². The Morgan fingerprint density at radius 3 is 2.36 bits per heavy atom. The second-order valence-electron chi connectivity index (χ2n) is 5.94. The van der Waals surface area contributed by atoms with E-state index in [1.165, 1.54) is 0 Å². The van der Waals surface area contributed by atoms with Gasteiger partial charge in [0.15, 0.2) is 0 Å². The van der Waals surface area contributed by atoms with Crippen molar-refractivity contribution in [2.24, 2.45) is 0 Å². The molecule has 1 unspecified atom stereocenters. The summed E-state index contributed by atoms with van der Waals surface area (Å²) in [5, 5.41) is 20.8. The standard InChI is InChI=1S/C17H26N2O5.C2H4O2/c18-10-6-2-5-9-16(21)19-15(11-20)13-24-17(22)23-12-14-7-3-1-4-8-14;1-2(3)4/h1,3-4,7-8,15,20H,2,5-6,9-13,18H2,(H,19,21);1H3,(H,3,4). The maximum atomic E-state index is 11.7. The van der Waals surface area contributed by atoms with Crippen LogP contribution in [-0.4, -0.2) is 48.9 Å². The zero-order chi connectivity index (χ0) is 21.2. The number of hydrogen-bond acceptors (Lipinski definition) is 7. The summed E-state index contributed by atoms with van der Waals surface area (Å²) in [7, 11) is 0. The molecule has 0 heterocycles. The largest absolute Gasteiger partial charge is 0.550 e. The molecule has 1 atom stereocenters. The Hall–Kier alpha value is -2.65. The molecule has 0 saturated carbocycles. The second-order valence-corrected chi connectivity index (χ2v) is 5.94. The number of carbonyl (C=O) groups is 3. The summed E-state index contributed by atoms with van der Waals surface area (Å²) in [6.45, 7) is 1.51. The van der Waals surface area contributed by atoms with Crippen molar-refractivity contribution in [3.8, 4) is 0 Å². The predicted octanol–water partition coefficient (Wildman–Crippen LogP) is -0.625. The number of carbonyl (C=O) groups excluding carboxylic acids is 3. The molecular weight excluding hydrogens is 368 g/mol. The second kappa shape index (κ2) is 16.5. The van der Waals surface area contributed by atoms with Crippen LogP contribution in [0.15, 0.2) is 30.3 Å². The zero-order valence-corrected chi connectivity index (χ0v) is 16.2. The number of aliphatic hydroxyl groups excluding tert-OH is 1. The lowest BCUT2D eigenvalue weighted by Gasteiger charge is -2.16. The maximum absolute atomic E-state index is 11.7. The first-order valence-corrected chi connectivity index (χ1v) is 9.09. The Morgan fingerprint density at radius 2 is 1.79 bits per heavy atom. The maximum Gasteiger partial charge on any atom is 0.508 e. The Bertz CT molecular complexity index is 563. The van der Waals surface area contributed by atoms with Gasteiger partial charge in [0.2, 0.25) is 5.91 Å². The molecule has 0 aliphatic rings. The van der Waals surface area contributed by atoms with Crippen LogP contribution < -0.4 is 16.2 Å². The van der Waals surface area contributed by atoms with Crippen molar-refractivity contribution in [2.45, 2.75) is 45.3 Å². The minimum Gasteiger partial charge on any atom is -0.550 e. The molecule has 158 valence electrons. The molecule has 1 aromatic carbocycles. The van der Waals surface area contributed by atoms with Gasteiger partial charge in [-0.15, -0.1) is 0 Å². The Kier molecular flexibility index (Phi) is 15.0. The number of amides is 1. The zero-order valence-electron chi connectivity index (χ0n) is 16.2.